The van der Waals surface area contributed by atoms with E-state index in [4.69, 9.17) is 9.15 Å². The van der Waals surface area contributed by atoms with Crippen molar-refractivity contribution in [3.05, 3.63) is 54.4 Å². The summed E-state index contributed by atoms with van der Waals surface area (Å²) < 4.78 is 10.6. The van der Waals surface area contributed by atoms with Gasteiger partial charge in [-0.15, -0.1) is 0 Å². The third-order valence-electron chi connectivity index (χ3n) is 4.23. The van der Waals surface area contributed by atoms with E-state index in [-0.39, 0.29) is 23.6 Å². The Hall–Kier alpha value is -3.39. The molecule has 3 aromatic rings. The molecule has 1 aliphatic rings. The number of anilines is 2. The Bertz CT molecular complexity index is 925. The minimum atomic E-state index is -0.382. The quantitative estimate of drug-likeness (QED) is 0.643. The fourth-order valence-corrected chi connectivity index (χ4v) is 2.84. The van der Waals surface area contributed by atoms with E-state index in [1.165, 1.54) is 0 Å². The molecule has 0 bridgehead atoms. The number of hydrogen-bond donors (Lipinski definition) is 3. The number of carbonyl (C=O) groups excluding carboxylic acids is 2. The summed E-state index contributed by atoms with van der Waals surface area (Å²) >= 11 is 0. The fraction of sp³-hybridized carbons (Fsp3) is 0.211. The normalized spacial score (nSPS) is 16.2. The van der Waals surface area contributed by atoms with Gasteiger partial charge in [0.2, 0.25) is 0 Å². The zero-order chi connectivity index (χ0) is 18.6. The van der Waals surface area contributed by atoms with Gasteiger partial charge in [-0.3, -0.25) is 14.7 Å². The van der Waals surface area contributed by atoms with E-state index >= 15 is 0 Å². The molecule has 3 heterocycles. The number of hydrogen-bond acceptors (Lipinski definition) is 5. The molecule has 4 rings (SSSR count). The first kappa shape index (κ1) is 17.0. The van der Waals surface area contributed by atoms with E-state index in [1.54, 1.807) is 48.7 Å². The van der Waals surface area contributed by atoms with Gasteiger partial charge in [0.05, 0.1) is 6.26 Å². The van der Waals surface area contributed by atoms with E-state index in [0.717, 1.165) is 12.8 Å². The fourth-order valence-electron chi connectivity index (χ4n) is 2.84. The first-order valence-corrected chi connectivity index (χ1v) is 8.62. The summed E-state index contributed by atoms with van der Waals surface area (Å²) in [4.78, 5) is 24.4. The Morgan fingerprint density at radius 1 is 1.11 bits per heavy atom. The summed E-state index contributed by atoms with van der Waals surface area (Å²) in [5.74, 6) is 0.111. The minimum absolute atomic E-state index is 0.147. The summed E-state index contributed by atoms with van der Waals surface area (Å²) in [6.45, 7) is 0.623. The van der Waals surface area contributed by atoms with Crippen LogP contribution in [0.1, 0.15) is 23.3 Å². The molecule has 0 spiro atoms. The van der Waals surface area contributed by atoms with Crippen LogP contribution in [0.3, 0.4) is 0 Å². The lowest BCUT2D eigenvalue weighted by Crippen LogP contribution is -2.26. The van der Waals surface area contributed by atoms with E-state index in [2.05, 4.69) is 20.8 Å². The van der Waals surface area contributed by atoms with Crippen molar-refractivity contribution in [3.8, 4) is 11.5 Å². The van der Waals surface area contributed by atoms with Crippen molar-refractivity contribution < 1.29 is 18.7 Å². The number of nitrogens with zero attached hydrogens (tertiary/aromatic N) is 1. The summed E-state index contributed by atoms with van der Waals surface area (Å²) in [5, 5.41) is 12.3. The Labute approximate surface area is 154 Å². The maximum atomic E-state index is 12.3. The van der Waals surface area contributed by atoms with Gasteiger partial charge in [-0.05, 0) is 49.2 Å². The zero-order valence-corrected chi connectivity index (χ0v) is 14.4. The average molecular weight is 366 g/mol. The molecule has 138 valence electrons. The highest BCUT2D eigenvalue weighted by Gasteiger charge is 2.23. The number of aromatic nitrogens is 2. The van der Waals surface area contributed by atoms with Gasteiger partial charge in [-0.25, -0.2) is 0 Å². The smallest absolute Gasteiger partial charge is 0.276 e. The zero-order valence-electron chi connectivity index (χ0n) is 14.4. The van der Waals surface area contributed by atoms with Crippen LogP contribution in [0.5, 0.6) is 0 Å². The standard InChI is InChI=1S/C19H18N4O4/c24-18(15-11-14(22-23-15)16-3-1-9-26-16)20-12-5-7-13(8-6-12)21-19(25)17-4-2-10-27-17/h1,3,5-9,11,17H,2,4,10H2,(H,20,24)(H,21,25)(H,22,23). The van der Waals surface area contributed by atoms with Crippen LogP contribution in [0.25, 0.3) is 11.5 Å². The van der Waals surface area contributed by atoms with Crippen LogP contribution in [0.2, 0.25) is 0 Å². The number of ether oxygens (including phenoxy) is 1. The number of rotatable bonds is 5. The molecule has 8 heteroatoms. The molecule has 0 radical (unpaired) electrons. The largest absolute Gasteiger partial charge is 0.463 e. The van der Waals surface area contributed by atoms with Crippen molar-refractivity contribution in [3.63, 3.8) is 0 Å². The summed E-state index contributed by atoms with van der Waals surface area (Å²) in [6, 6.07) is 12.0. The molecule has 2 amide bonds. The minimum Gasteiger partial charge on any atom is -0.463 e. The second-order valence-electron chi connectivity index (χ2n) is 6.17. The molecule has 1 fully saturated rings. The predicted molar refractivity (Wildman–Crippen MR) is 98.3 cm³/mol. The Kier molecular flexibility index (Phi) is 4.71. The van der Waals surface area contributed by atoms with Gasteiger partial charge in [0, 0.05) is 24.0 Å². The predicted octanol–water partition coefficient (Wildman–Crippen LogP) is 3.04. The van der Waals surface area contributed by atoms with Crippen LogP contribution in [-0.4, -0.2) is 34.7 Å². The number of nitrogens with one attached hydrogen (secondary N) is 3. The van der Waals surface area contributed by atoms with Crippen molar-refractivity contribution in [1.29, 1.82) is 0 Å². The van der Waals surface area contributed by atoms with Gasteiger partial charge in [0.1, 0.15) is 11.8 Å². The first-order valence-electron chi connectivity index (χ1n) is 8.62. The summed E-state index contributed by atoms with van der Waals surface area (Å²) in [7, 11) is 0. The van der Waals surface area contributed by atoms with Crippen molar-refractivity contribution >= 4 is 23.2 Å². The SMILES string of the molecule is O=C(Nc1ccc(NC(=O)C2CCCO2)cc1)c1cc(-c2ccco2)[nH]n1. The van der Waals surface area contributed by atoms with Gasteiger partial charge < -0.3 is 19.8 Å². The Balaban J connectivity index is 1.36. The van der Waals surface area contributed by atoms with Gasteiger partial charge in [0.15, 0.2) is 11.5 Å². The molecule has 27 heavy (non-hydrogen) atoms. The lowest BCUT2D eigenvalue weighted by atomic mass is 10.2. The van der Waals surface area contributed by atoms with Crippen LogP contribution >= 0.6 is 0 Å². The van der Waals surface area contributed by atoms with E-state index < -0.39 is 0 Å². The van der Waals surface area contributed by atoms with Crippen LogP contribution in [0.15, 0.2) is 53.1 Å². The number of H-pyrrole nitrogens is 1. The third-order valence-corrected chi connectivity index (χ3v) is 4.23. The van der Waals surface area contributed by atoms with Crippen molar-refractivity contribution in [1.82, 2.24) is 10.2 Å². The van der Waals surface area contributed by atoms with E-state index in [0.29, 0.717) is 29.4 Å². The topological polar surface area (TPSA) is 109 Å². The van der Waals surface area contributed by atoms with Crippen molar-refractivity contribution in [2.75, 3.05) is 17.2 Å². The maximum absolute atomic E-state index is 12.3. The second kappa shape index (κ2) is 7.46. The molecule has 1 saturated heterocycles. The highest BCUT2D eigenvalue weighted by Crippen LogP contribution is 2.20. The Morgan fingerprint density at radius 3 is 2.56 bits per heavy atom. The summed E-state index contributed by atoms with van der Waals surface area (Å²) in [5.41, 5.74) is 2.11. The molecule has 2 aromatic heterocycles. The highest BCUT2D eigenvalue weighted by atomic mass is 16.5. The third kappa shape index (κ3) is 3.90. The van der Waals surface area contributed by atoms with Crippen LogP contribution in [0.4, 0.5) is 11.4 Å². The van der Waals surface area contributed by atoms with E-state index in [1.807, 2.05) is 0 Å². The second-order valence-corrected chi connectivity index (χ2v) is 6.17. The molecule has 1 atom stereocenters. The average Bonchev–Trinajstić information content (AvgIpc) is 3.43. The lowest BCUT2D eigenvalue weighted by molar-refractivity contribution is -0.124. The number of carbonyl (C=O) groups is 2. The Morgan fingerprint density at radius 2 is 1.89 bits per heavy atom. The van der Waals surface area contributed by atoms with Gasteiger partial charge in [-0.2, -0.15) is 5.10 Å². The van der Waals surface area contributed by atoms with E-state index in [9.17, 15) is 9.59 Å². The number of benzene rings is 1. The van der Waals surface area contributed by atoms with Gasteiger partial charge in [0.25, 0.3) is 11.8 Å². The van der Waals surface area contributed by atoms with Gasteiger partial charge >= 0.3 is 0 Å². The molecule has 8 nitrogen and oxygen atoms in total. The molecule has 1 aromatic carbocycles. The highest BCUT2D eigenvalue weighted by molar-refractivity contribution is 6.03. The maximum Gasteiger partial charge on any atom is 0.276 e. The first-order chi connectivity index (χ1) is 13.2. The molecule has 1 unspecified atom stereocenters. The van der Waals surface area contributed by atoms with Crippen molar-refractivity contribution in [2.24, 2.45) is 0 Å². The number of amides is 2. The number of furan rings is 1. The lowest BCUT2D eigenvalue weighted by Gasteiger charge is -2.11. The number of aromatic amines is 1. The molecule has 0 saturated carbocycles. The molecular weight excluding hydrogens is 348 g/mol. The van der Waals surface area contributed by atoms with Crippen LogP contribution in [0, 0.1) is 0 Å². The van der Waals surface area contributed by atoms with Crippen LogP contribution < -0.4 is 10.6 Å². The monoisotopic (exact) mass is 366 g/mol. The molecule has 1 aliphatic heterocycles. The summed E-state index contributed by atoms with van der Waals surface area (Å²) in [6.07, 6.45) is 2.81. The van der Waals surface area contributed by atoms with Crippen molar-refractivity contribution in [2.45, 2.75) is 18.9 Å². The molecule has 0 aliphatic carbocycles. The molecule has 3 N–H and O–H groups in total. The van der Waals surface area contributed by atoms with Crippen LogP contribution in [-0.2, 0) is 9.53 Å². The molecular formula is C19H18N4O4. The van der Waals surface area contributed by atoms with Gasteiger partial charge in [-0.1, -0.05) is 0 Å².